The van der Waals surface area contributed by atoms with E-state index in [4.69, 9.17) is 16.3 Å². The summed E-state index contributed by atoms with van der Waals surface area (Å²) in [6.45, 7) is 4.34. The van der Waals surface area contributed by atoms with Crippen molar-refractivity contribution in [3.63, 3.8) is 0 Å². The van der Waals surface area contributed by atoms with Crippen LogP contribution in [0, 0.1) is 5.92 Å². The average molecular weight is 485 g/mol. The molecule has 2 aliphatic rings. The van der Waals surface area contributed by atoms with Gasteiger partial charge in [0, 0.05) is 46.7 Å². The number of nitrogens with zero attached hydrogens (tertiary/aromatic N) is 1. The number of benzene rings is 2. The van der Waals surface area contributed by atoms with Crippen LogP contribution in [0.3, 0.4) is 0 Å². The number of rotatable bonds is 5. The lowest BCUT2D eigenvalue weighted by molar-refractivity contribution is -0.149. The van der Waals surface area contributed by atoms with Crippen molar-refractivity contribution in [1.29, 1.82) is 0 Å². The van der Waals surface area contributed by atoms with Crippen molar-refractivity contribution < 1.29 is 14.3 Å². The standard InChI is InChI=1S/C29H25ClN2O3/c1-18-26(29(34)35-17-19-5-3-2-4-6-19)27(21-11-13-31-14-12-21)28-24(32-18)15-22(16-25(28)33)20-7-9-23(30)10-8-20/h2-14,22,26-27,32H,1,15-17H2. The summed E-state index contributed by atoms with van der Waals surface area (Å²) >= 11 is 6.06. The lowest BCUT2D eigenvalue weighted by Gasteiger charge is -2.40. The van der Waals surface area contributed by atoms with E-state index in [-0.39, 0.29) is 18.3 Å². The van der Waals surface area contributed by atoms with Crippen molar-refractivity contribution in [2.75, 3.05) is 0 Å². The number of nitrogens with one attached hydrogen (secondary N) is 1. The Bertz CT molecular complexity index is 1290. The van der Waals surface area contributed by atoms with Gasteiger partial charge in [0.05, 0.1) is 0 Å². The Kier molecular flexibility index (Phi) is 6.51. The van der Waals surface area contributed by atoms with Gasteiger partial charge in [0.15, 0.2) is 5.78 Å². The largest absolute Gasteiger partial charge is 0.460 e. The highest BCUT2D eigenvalue weighted by Gasteiger charge is 2.45. The number of carbonyl (C=O) groups is 2. The van der Waals surface area contributed by atoms with E-state index in [0.717, 1.165) is 22.4 Å². The molecule has 1 aliphatic heterocycles. The van der Waals surface area contributed by atoms with Crippen LogP contribution in [-0.2, 0) is 20.9 Å². The van der Waals surface area contributed by atoms with Gasteiger partial charge in [-0.1, -0.05) is 60.6 Å². The van der Waals surface area contributed by atoms with Gasteiger partial charge in [-0.3, -0.25) is 14.6 Å². The van der Waals surface area contributed by atoms with Crippen LogP contribution in [0.4, 0.5) is 0 Å². The molecular weight excluding hydrogens is 460 g/mol. The van der Waals surface area contributed by atoms with E-state index >= 15 is 0 Å². The maximum Gasteiger partial charge on any atom is 0.316 e. The zero-order valence-corrected chi connectivity index (χ0v) is 19.9. The number of ketones is 1. The van der Waals surface area contributed by atoms with E-state index in [0.29, 0.717) is 29.1 Å². The summed E-state index contributed by atoms with van der Waals surface area (Å²) in [6, 6.07) is 20.9. The highest BCUT2D eigenvalue weighted by atomic mass is 35.5. The zero-order chi connectivity index (χ0) is 24.4. The second-order valence-corrected chi connectivity index (χ2v) is 9.39. The maximum atomic E-state index is 13.6. The van der Waals surface area contributed by atoms with Gasteiger partial charge in [-0.2, -0.15) is 0 Å². The number of hydrogen-bond acceptors (Lipinski definition) is 5. The third-order valence-electron chi connectivity index (χ3n) is 6.72. The predicted octanol–water partition coefficient (Wildman–Crippen LogP) is 5.70. The Labute approximate surface area is 209 Å². The number of pyridine rings is 1. The topological polar surface area (TPSA) is 68.3 Å². The Morgan fingerprint density at radius 1 is 1.00 bits per heavy atom. The van der Waals surface area contributed by atoms with Crippen molar-refractivity contribution in [3.05, 3.63) is 124 Å². The summed E-state index contributed by atoms with van der Waals surface area (Å²) < 4.78 is 5.70. The number of Topliss-reactive ketones (excluding diaryl/α,β-unsaturated/α-hetero) is 1. The van der Waals surface area contributed by atoms with Crippen LogP contribution in [0.25, 0.3) is 0 Å². The van der Waals surface area contributed by atoms with Crippen LogP contribution in [-0.4, -0.2) is 16.7 Å². The van der Waals surface area contributed by atoms with Crippen LogP contribution in [0.2, 0.25) is 5.02 Å². The molecule has 0 amide bonds. The first-order chi connectivity index (χ1) is 17.0. The highest BCUT2D eigenvalue weighted by molar-refractivity contribution is 6.30. The van der Waals surface area contributed by atoms with E-state index in [1.165, 1.54) is 0 Å². The van der Waals surface area contributed by atoms with Crippen LogP contribution in [0.1, 0.15) is 41.4 Å². The minimum atomic E-state index is -0.726. The molecule has 0 saturated carbocycles. The quantitative estimate of drug-likeness (QED) is 0.471. The lowest BCUT2D eigenvalue weighted by Crippen LogP contribution is -2.42. The van der Waals surface area contributed by atoms with Crippen molar-refractivity contribution >= 4 is 23.4 Å². The van der Waals surface area contributed by atoms with E-state index in [1.54, 1.807) is 12.4 Å². The first-order valence-electron chi connectivity index (χ1n) is 11.6. The molecule has 0 bridgehead atoms. The summed E-state index contributed by atoms with van der Waals surface area (Å²) in [5, 5.41) is 3.97. The second kappa shape index (κ2) is 9.88. The smallest absolute Gasteiger partial charge is 0.316 e. The van der Waals surface area contributed by atoms with Crippen LogP contribution in [0.15, 0.2) is 103 Å². The summed E-state index contributed by atoms with van der Waals surface area (Å²) in [7, 11) is 0. The lowest BCUT2D eigenvalue weighted by atomic mass is 9.69. The van der Waals surface area contributed by atoms with Gasteiger partial charge in [0.2, 0.25) is 0 Å². The van der Waals surface area contributed by atoms with E-state index in [1.807, 2.05) is 66.7 Å². The average Bonchev–Trinajstić information content (AvgIpc) is 2.88. The Balaban J connectivity index is 1.48. The molecule has 1 N–H and O–H groups in total. The first kappa shape index (κ1) is 23.1. The molecule has 3 unspecified atom stereocenters. The van der Waals surface area contributed by atoms with E-state index in [9.17, 15) is 9.59 Å². The molecule has 0 spiro atoms. The molecule has 2 heterocycles. The second-order valence-electron chi connectivity index (χ2n) is 8.95. The highest BCUT2D eigenvalue weighted by Crippen LogP contribution is 2.47. The molecule has 6 heteroatoms. The summed E-state index contributed by atoms with van der Waals surface area (Å²) in [4.78, 5) is 31.1. The van der Waals surface area contributed by atoms with Gasteiger partial charge in [-0.25, -0.2) is 0 Å². The van der Waals surface area contributed by atoms with Gasteiger partial charge in [-0.15, -0.1) is 0 Å². The number of halogens is 1. The fourth-order valence-electron chi connectivity index (χ4n) is 5.05. The molecule has 5 nitrogen and oxygen atoms in total. The number of hydrogen-bond donors (Lipinski definition) is 1. The third-order valence-corrected chi connectivity index (χ3v) is 6.98. The number of aromatic nitrogens is 1. The molecule has 176 valence electrons. The Morgan fingerprint density at radius 2 is 1.71 bits per heavy atom. The number of esters is 1. The van der Waals surface area contributed by atoms with Gasteiger partial charge in [0.25, 0.3) is 0 Å². The van der Waals surface area contributed by atoms with Crippen molar-refractivity contribution in [3.8, 4) is 0 Å². The van der Waals surface area contributed by atoms with Gasteiger partial charge < -0.3 is 10.1 Å². The molecule has 3 aromatic rings. The molecule has 3 atom stereocenters. The summed E-state index contributed by atoms with van der Waals surface area (Å²) in [6.07, 6.45) is 4.37. The molecule has 35 heavy (non-hydrogen) atoms. The van der Waals surface area contributed by atoms with Crippen molar-refractivity contribution in [1.82, 2.24) is 10.3 Å². The maximum absolute atomic E-state index is 13.6. The molecule has 1 aromatic heterocycles. The van der Waals surface area contributed by atoms with Crippen LogP contribution in [0.5, 0.6) is 0 Å². The minimum Gasteiger partial charge on any atom is -0.460 e. The van der Waals surface area contributed by atoms with Gasteiger partial charge in [0.1, 0.15) is 12.5 Å². The molecule has 1 aliphatic carbocycles. The van der Waals surface area contributed by atoms with Crippen LogP contribution >= 0.6 is 11.6 Å². The zero-order valence-electron chi connectivity index (χ0n) is 19.1. The van der Waals surface area contributed by atoms with E-state index < -0.39 is 17.8 Å². The van der Waals surface area contributed by atoms with Gasteiger partial charge >= 0.3 is 5.97 Å². The van der Waals surface area contributed by atoms with Crippen LogP contribution < -0.4 is 5.32 Å². The molecular formula is C29H25ClN2O3. The Morgan fingerprint density at radius 3 is 2.43 bits per heavy atom. The first-order valence-corrected chi connectivity index (χ1v) is 12.0. The van der Waals surface area contributed by atoms with Crippen molar-refractivity contribution in [2.45, 2.75) is 31.3 Å². The van der Waals surface area contributed by atoms with Crippen molar-refractivity contribution in [2.24, 2.45) is 5.92 Å². The minimum absolute atomic E-state index is 0.0221. The monoisotopic (exact) mass is 484 g/mol. The molecule has 0 radical (unpaired) electrons. The summed E-state index contributed by atoms with van der Waals surface area (Å²) in [5.41, 5.74) is 4.79. The van der Waals surface area contributed by atoms with E-state index in [2.05, 4.69) is 16.9 Å². The molecule has 5 rings (SSSR count). The molecule has 2 aromatic carbocycles. The fourth-order valence-corrected chi connectivity index (χ4v) is 5.17. The molecule has 0 fully saturated rings. The van der Waals surface area contributed by atoms with Gasteiger partial charge in [-0.05, 0) is 53.3 Å². The fraction of sp³-hybridized carbons (Fsp3) is 0.207. The SMILES string of the molecule is C=C1NC2=C(C(=O)CC(c3ccc(Cl)cc3)C2)C(c2ccncc2)C1C(=O)OCc1ccccc1. The third kappa shape index (κ3) is 4.77. The molecule has 0 saturated heterocycles. The number of carbonyl (C=O) groups excluding carboxylic acids is 2. The number of allylic oxidation sites excluding steroid dienone is 2. The summed E-state index contributed by atoms with van der Waals surface area (Å²) in [5.74, 6) is -1.57. The Hall–Kier alpha value is -3.70. The normalized spacial score (nSPS) is 21.8. The number of ether oxygens (including phenoxy) is 1. The predicted molar refractivity (Wildman–Crippen MR) is 134 cm³/mol.